The van der Waals surface area contributed by atoms with Gasteiger partial charge in [-0.3, -0.25) is 0 Å². The summed E-state index contributed by atoms with van der Waals surface area (Å²) in [6.45, 7) is 0. The fourth-order valence-electron chi connectivity index (χ4n) is 1.59. The lowest BCUT2D eigenvalue weighted by atomic mass is 10.1. The van der Waals surface area contributed by atoms with Crippen molar-refractivity contribution in [1.29, 1.82) is 0 Å². The van der Waals surface area contributed by atoms with Crippen LogP contribution in [0.15, 0.2) is 30.5 Å². The van der Waals surface area contributed by atoms with Gasteiger partial charge in [0.05, 0.1) is 11.9 Å². The van der Waals surface area contributed by atoms with Crippen molar-refractivity contribution in [2.75, 3.05) is 0 Å². The minimum absolute atomic E-state index is 0.0439. The van der Waals surface area contributed by atoms with Crippen LogP contribution in [0.1, 0.15) is 9.80 Å². The van der Waals surface area contributed by atoms with E-state index in [2.05, 4.69) is 10.1 Å². The van der Waals surface area contributed by atoms with Gasteiger partial charge in [0.25, 0.3) is 0 Å². The first-order valence-corrected chi connectivity index (χ1v) is 5.81. The zero-order valence-corrected chi connectivity index (χ0v) is 9.69. The first-order chi connectivity index (χ1) is 8.65. The minimum Gasteiger partial charge on any atom is -0.476 e. The van der Waals surface area contributed by atoms with Crippen molar-refractivity contribution in [3.8, 4) is 11.3 Å². The molecule has 0 unspecified atom stereocenters. The van der Waals surface area contributed by atoms with E-state index in [1.165, 1.54) is 16.8 Å². The summed E-state index contributed by atoms with van der Waals surface area (Å²) in [5, 5.41) is 12.6. The van der Waals surface area contributed by atoms with Crippen LogP contribution in [0.4, 0.5) is 4.39 Å². The topological polar surface area (TPSA) is 67.5 Å². The highest BCUT2D eigenvalue weighted by Crippen LogP contribution is 2.24. The summed E-state index contributed by atoms with van der Waals surface area (Å²) in [6, 6.07) is 6.26. The molecule has 0 aliphatic heterocycles. The number of halogens is 1. The molecule has 0 aliphatic rings. The predicted octanol–water partition coefficient (Wildman–Crippen LogP) is 2.30. The van der Waals surface area contributed by atoms with Crippen molar-refractivity contribution in [2.24, 2.45) is 0 Å². The number of aromatic carboxylic acids is 1. The Morgan fingerprint density at radius 2 is 2.17 bits per heavy atom. The van der Waals surface area contributed by atoms with Crippen molar-refractivity contribution < 1.29 is 14.3 Å². The Morgan fingerprint density at radius 3 is 2.83 bits per heavy atom. The minimum atomic E-state index is -1.10. The van der Waals surface area contributed by atoms with E-state index in [-0.39, 0.29) is 10.8 Å². The number of carboxylic acid groups (broad SMARTS) is 1. The third-order valence-corrected chi connectivity index (χ3v) is 3.29. The SMILES string of the molecule is O=C(O)c1nn2cc(-c3ccccc3F)nc2s1. The molecule has 0 spiro atoms. The van der Waals surface area contributed by atoms with E-state index in [0.717, 1.165) is 11.3 Å². The van der Waals surface area contributed by atoms with Crippen LogP contribution in [0, 0.1) is 5.82 Å². The molecule has 0 saturated carbocycles. The van der Waals surface area contributed by atoms with Crippen molar-refractivity contribution in [2.45, 2.75) is 0 Å². The van der Waals surface area contributed by atoms with Crippen molar-refractivity contribution in [1.82, 2.24) is 14.6 Å². The van der Waals surface area contributed by atoms with Gasteiger partial charge >= 0.3 is 5.97 Å². The van der Waals surface area contributed by atoms with Gasteiger partial charge in [0.15, 0.2) is 0 Å². The molecule has 0 radical (unpaired) electrons. The lowest BCUT2D eigenvalue weighted by Crippen LogP contribution is -1.95. The Labute approximate surface area is 104 Å². The molecule has 2 heterocycles. The number of hydrogen-bond donors (Lipinski definition) is 1. The number of aromatic nitrogens is 3. The van der Waals surface area contributed by atoms with E-state index in [0.29, 0.717) is 16.2 Å². The number of benzene rings is 1. The molecular weight excluding hydrogens is 257 g/mol. The highest BCUT2D eigenvalue weighted by molar-refractivity contribution is 7.18. The largest absolute Gasteiger partial charge is 0.476 e. The second-order valence-corrected chi connectivity index (χ2v) is 4.50. The molecule has 18 heavy (non-hydrogen) atoms. The molecule has 90 valence electrons. The molecule has 3 aromatic rings. The van der Waals surface area contributed by atoms with Crippen LogP contribution in [0.5, 0.6) is 0 Å². The maximum atomic E-state index is 13.6. The van der Waals surface area contributed by atoms with E-state index in [1.807, 2.05) is 0 Å². The van der Waals surface area contributed by atoms with Crippen LogP contribution in [-0.2, 0) is 0 Å². The van der Waals surface area contributed by atoms with Crippen LogP contribution in [-0.4, -0.2) is 25.7 Å². The summed E-state index contributed by atoms with van der Waals surface area (Å²) in [4.78, 5) is 15.3. The molecule has 0 saturated heterocycles. The molecular formula is C11H6FN3O2S. The van der Waals surface area contributed by atoms with Crippen molar-refractivity contribution in [3.05, 3.63) is 41.3 Å². The molecule has 0 fully saturated rings. The smallest absolute Gasteiger partial charge is 0.367 e. The average molecular weight is 263 g/mol. The van der Waals surface area contributed by atoms with E-state index in [1.54, 1.807) is 18.2 Å². The lowest BCUT2D eigenvalue weighted by molar-refractivity contribution is 0.0695. The van der Waals surface area contributed by atoms with E-state index in [4.69, 9.17) is 5.11 Å². The van der Waals surface area contributed by atoms with Crippen LogP contribution in [0.25, 0.3) is 16.2 Å². The molecule has 1 N–H and O–H groups in total. The molecule has 0 atom stereocenters. The monoisotopic (exact) mass is 263 g/mol. The van der Waals surface area contributed by atoms with Gasteiger partial charge in [-0.15, -0.1) is 5.10 Å². The predicted molar refractivity (Wildman–Crippen MR) is 63.2 cm³/mol. The summed E-state index contributed by atoms with van der Waals surface area (Å²) >= 11 is 0.945. The summed E-state index contributed by atoms with van der Waals surface area (Å²) < 4.78 is 14.9. The number of imidazole rings is 1. The quantitative estimate of drug-likeness (QED) is 0.770. The Morgan fingerprint density at radius 1 is 1.39 bits per heavy atom. The number of nitrogens with zero attached hydrogens (tertiary/aromatic N) is 3. The van der Waals surface area contributed by atoms with Crippen LogP contribution >= 0.6 is 11.3 Å². The van der Waals surface area contributed by atoms with Crippen molar-refractivity contribution in [3.63, 3.8) is 0 Å². The third kappa shape index (κ3) is 1.65. The summed E-state index contributed by atoms with van der Waals surface area (Å²) in [6.07, 6.45) is 1.51. The molecule has 2 aromatic heterocycles. The molecule has 5 nitrogen and oxygen atoms in total. The fourth-order valence-corrected chi connectivity index (χ4v) is 2.31. The van der Waals surface area contributed by atoms with Crippen LogP contribution < -0.4 is 0 Å². The maximum Gasteiger partial charge on any atom is 0.367 e. The summed E-state index contributed by atoms with van der Waals surface area (Å²) in [7, 11) is 0. The number of carboxylic acids is 1. The second-order valence-electron chi connectivity index (χ2n) is 3.55. The zero-order chi connectivity index (χ0) is 12.7. The van der Waals surface area contributed by atoms with Gasteiger partial charge in [0, 0.05) is 5.56 Å². The zero-order valence-electron chi connectivity index (χ0n) is 8.87. The Hall–Kier alpha value is -2.28. The van der Waals surface area contributed by atoms with Gasteiger partial charge in [-0.25, -0.2) is 18.7 Å². The standard InChI is InChI=1S/C11H6FN3O2S/c12-7-4-2-1-3-6(7)8-5-15-11(13-8)18-9(14-15)10(16)17/h1-5H,(H,16,17). The van der Waals surface area contributed by atoms with E-state index < -0.39 is 5.97 Å². The maximum absolute atomic E-state index is 13.6. The Bertz CT molecular complexity index is 718. The lowest BCUT2D eigenvalue weighted by Gasteiger charge is -1.96. The average Bonchev–Trinajstić information content (AvgIpc) is 2.87. The van der Waals surface area contributed by atoms with Crippen LogP contribution in [0.2, 0.25) is 0 Å². The van der Waals surface area contributed by atoms with Gasteiger partial charge in [-0.05, 0) is 12.1 Å². The Balaban J connectivity index is 2.12. The number of hydrogen-bond acceptors (Lipinski definition) is 4. The number of fused-ring (bicyclic) bond motifs is 1. The van der Waals surface area contributed by atoms with E-state index >= 15 is 0 Å². The summed E-state index contributed by atoms with van der Waals surface area (Å²) in [5.41, 5.74) is 0.802. The molecule has 0 aliphatic carbocycles. The molecule has 1 aromatic carbocycles. The molecule has 0 bridgehead atoms. The fraction of sp³-hybridized carbons (Fsp3) is 0. The number of rotatable bonds is 2. The van der Waals surface area contributed by atoms with Gasteiger partial charge in [0.1, 0.15) is 5.82 Å². The van der Waals surface area contributed by atoms with Gasteiger partial charge in [-0.1, -0.05) is 23.5 Å². The van der Waals surface area contributed by atoms with Gasteiger partial charge in [-0.2, -0.15) is 0 Å². The second kappa shape index (κ2) is 3.88. The highest BCUT2D eigenvalue weighted by atomic mass is 32.1. The third-order valence-electron chi connectivity index (χ3n) is 2.38. The van der Waals surface area contributed by atoms with Crippen LogP contribution in [0.3, 0.4) is 0 Å². The molecule has 7 heteroatoms. The normalized spacial score (nSPS) is 10.9. The molecule has 3 rings (SSSR count). The van der Waals surface area contributed by atoms with E-state index in [9.17, 15) is 9.18 Å². The molecule has 0 amide bonds. The summed E-state index contributed by atoms with van der Waals surface area (Å²) in [5.74, 6) is -1.47. The highest BCUT2D eigenvalue weighted by Gasteiger charge is 2.15. The van der Waals surface area contributed by atoms with Gasteiger partial charge in [0.2, 0.25) is 9.97 Å². The first-order valence-electron chi connectivity index (χ1n) is 4.99. The Kier molecular flexibility index (Phi) is 2.34. The first kappa shape index (κ1) is 10.8. The van der Waals surface area contributed by atoms with Gasteiger partial charge < -0.3 is 5.11 Å². The van der Waals surface area contributed by atoms with Crippen molar-refractivity contribution >= 4 is 22.3 Å². The number of carbonyl (C=O) groups is 1.